The van der Waals surface area contributed by atoms with Crippen LogP contribution in [0.25, 0.3) is 5.69 Å². The summed E-state index contributed by atoms with van der Waals surface area (Å²) in [6, 6.07) is 7.83. The average molecular weight is 402 g/mol. The van der Waals surface area contributed by atoms with Crippen molar-refractivity contribution < 1.29 is 4.79 Å². The minimum Gasteiger partial charge on any atom is -0.351 e. The SMILES string of the molecule is CCCNCCNC(=O)c1cnn(-c2ccc(Br)cc2)c1C.Cl. The number of hydrogen-bond acceptors (Lipinski definition) is 3. The fraction of sp³-hybridized carbons (Fsp3) is 0.375. The van der Waals surface area contributed by atoms with Crippen molar-refractivity contribution in [1.82, 2.24) is 20.4 Å². The number of rotatable bonds is 7. The molecule has 0 aliphatic carbocycles. The highest BCUT2D eigenvalue weighted by Gasteiger charge is 2.14. The summed E-state index contributed by atoms with van der Waals surface area (Å²) < 4.78 is 2.79. The molecule has 0 unspecified atom stereocenters. The predicted molar refractivity (Wildman–Crippen MR) is 98.7 cm³/mol. The Hall–Kier alpha value is -1.37. The van der Waals surface area contributed by atoms with Gasteiger partial charge >= 0.3 is 0 Å². The van der Waals surface area contributed by atoms with Crippen molar-refractivity contribution >= 4 is 34.2 Å². The van der Waals surface area contributed by atoms with E-state index in [1.807, 2.05) is 31.2 Å². The number of aromatic nitrogens is 2. The van der Waals surface area contributed by atoms with E-state index >= 15 is 0 Å². The summed E-state index contributed by atoms with van der Waals surface area (Å²) in [6.07, 6.45) is 2.71. The Kier molecular flexibility index (Phi) is 8.30. The molecule has 0 bridgehead atoms. The normalized spacial score (nSPS) is 10.2. The van der Waals surface area contributed by atoms with Crippen LogP contribution in [0.1, 0.15) is 29.4 Å². The molecule has 1 amide bonds. The van der Waals surface area contributed by atoms with Gasteiger partial charge in [-0.05, 0) is 44.2 Å². The molecule has 2 rings (SSSR count). The molecule has 2 N–H and O–H groups in total. The van der Waals surface area contributed by atoms with Crippen LogP contribution < -0.4 is 10.6 Å². The van der Waals surface area contributed by atoms with Crippen molar-refractivity contribution in [2.24, 2.45) is 0 Å². The first kappa shape index (κ1) is 19.7. The zero-order valence-electron chi connectivity index (χ0n) is 13.3. The van der Waals surface area contributed by atoms with Crippen LogP contribution in [0.4, 0.5) is 0 Å². The molecule has 0 saturated heterocycles. The van der Waals surface area contributed by atoms with E-state index < -0.39 is 0 Å². The fourth-order valence-electron chi connectivity index (χ4n) is 2.14. The van der Waals surface area contributed by atoms with Gasteiger partial charge in [0, 0.05) is 17.6 Å². The lowest BCUT2D eigenvalue weighted by molar-refractivity contribution is 0.0953. The molecule has 0 fully saturated rings. The molecule has 23 heavy (non-hydrogen) atoms. The minimum absolute atomic E-state index is 0. The lowest BCUT2D eigenvalue weighted by Crippen LogP contribution is -2.32. The lowest BCUT2D eigenvalue weighted by atomic mass is 10.2. The maximum absolute atomic E-state index is 12.2. The van der Waals surface area contributed by atoms with E-state index in [0.29, 0.717) is 12.1 Å². The number of halogens is 2. The molecule has 2 aromatic rings. The molecule has 1 aromatic heterocycles. The van der Waals surface area contributed by atoms with Crippen molar-refractivity contribution in [2.45, 2.75) is 20.3 Å². The first-order valence-corrected chi connectivity index (χ1v) is 8.22. The molecule has 7 heteroatoms. The van der Waals surface area contributed by atoms with Crippen molar-refractivity contribution in [3.05, 3.63) is 46.2 Å². The van der Waals surface area contributed by atoms with E-state index in [-0.39, 0.29) is 18.3 Å². The van der Waals surface area contributed by atoms with E-state index in [1.165, 1.54) is 0 Å². The summed E-state index contributed by atoms with van der Waals surface area (Å²) >= 11 is 3.41. The monoisotopic (exact) mass is 400 g/mol. The summed E-state index contributed by atoms with van der Waals surface area (Å²) in [5, 5.41) is 10.5. The minimum atomic E-state index is -0.0841. The number of nitrogens with one attached hydrogen (secondary N) is 2. The largest absolute Gasteiger partial charge is 0.351 e. The van der Waals surface area contributed by atoms with Crippen LogP contribution in [0.3, 0.4) is 0 Å². The molecular weight excluding hydrogens is 380 g/mol. The second kappa shape index (κ2) is 9.70. The smallest absolute Gasteiger partial charge is 0.254 e. The van der Waals surface area contributed by atoms with Crippen LogP contribution in [0.15, 0.2) is 34.9 Å². The maximum atomic E-state index is 12.2. The first-order chi connectivity index (χ1) is 10.6. The third-order valence-corrected chi connectivity index (χ3v) is 3.87. The maximum Gasteiger partial charge on any atom is 0.254 e. The Morgan fingerprint density at radius 3 is 2.57 bits per heavy atom. The second-order valence-electron chi connectivity index (χ2n) is 5.04. The van der Waals surface area contributed by atoms with Gasteiger partial charge in [-0.2, -0.15) is 5.10 Å². The Morgan fingerprint density at radius 1 is 1.22 bits per heavy atom. The summed E-state index contributed by atoms with van der Waals surface area (Å²) in [7, 11) is 0. The van der Waals surface area contributed by atoms with Gasteiger partial charge in [0.05, 0.1) is 23.1 Å². The van der Waals surface area contributed by atoms with Crippen molar-refractivity contribution in [3.8, 4) is 5.69 Å². The van der Waals surface area contributed by atoms with Gasteiger partial charge in [-0.1, -0.05) is 22.9 Å². The zero-order valence-corrected chi connectivity index (χ0v) is 15.7. The predicted octanol–water partition coefficient (Wildman–Crippen LogP) is 3.09. The van der Waals surface area contributed by atoms with Crippen LogP contribution in [0.5, 0.6) is 0 Å². The number of carbonyl (C=O) groups excluding carboxylic acids is 1. The standard InChI is InChI=1S/C16H21BrN4O.ClH/c1-3-8-18-9-10-19-16(22)15-11-20-21(12(15)2)14-6-4-13(17)5-7-14;/h4-7,11,18H,3,8-10H2,1-2H3,(H,19,22);1H. The number of carbonyl (C=O) groups is 1. The Bertz CT molecular complexity index is 628. The zero-order chi connectivity index (χ0) is 15.9. The second-order valence-corrected chi connectivity index (χ2v) is 5.95. The third kappa shape index (κ3) is 5.34. The highest BCUT2D eigenvalue weighted by Crippen LogP contribution is 2.17. The number of benzene rings is 1. The van der Waals surface area contributed by atoms with Gasteiger partial charge in [-0.15, -0.1) is 12.4 Å². The van der Waals surface area contributed by atoms with Gasteiger partial charge < -0.3 is 10.6 Å². The van der Waals surface area contributed by atoms with Gasteiger partial charge in [0.2, 0.25) is 0 Å². The molecule has 0 atom stereocenters. The van der Waals surface area contributed by atoms with Crippen LogP contribution in [0.2, 0.25) is 0 Å². The quantitative estimate of drug-likeness (QED) is 0.701. The number of amides is 1. The molecule has 5 nitrogen and oxygen atoms in total. The van der Waals surface area contributed by atoms with Gasteiger partial charge in [-0.3, -0.25) is 4.79 Å². The molecular formula is C16H22BrClN4O. The molecule has 0 spiro atoms. The Labute approximate surface area is 151 Å². The summed E-state index contributed by atoms with van der Waals surface area (Å²) in [6.45, 7) is 6.38. The van der Waals surface area contributed by atoms with E-state index in [1.54, 1.807) is 10.9 Å². The highest BCUT2D eigenvalue weighted by atomic mass is 79.9. The molecule has 1 aromatic carbocycles. The Balaban J connectivity index is 0.00000264. The van der Waals surface area contributed by atoms with E-state index in [2.05, 4.69) is 38.6 Å². The summed E-state index contributed by atoms with van der Waals surface area (Å²) in [5.74, 6) is -0.0841. The molecule has 0 aliphatic rings. The summed E-state index contributed by atoms with van der Waals surface area (Å²) in [4.78, 5) is 12.2. The first-order valence-electron chi connectivity index (χ1n) is 7.43. The summed E-state index contributed by atoms with van der Waals surface area (Å²) in [5.41, 5.74) is 2.38. The van der Waals surface area contributed by atoms with Gasteiger partial charge in [-0.25, -0.2) is 4.68 Å². The van der Waals surface area contributed by atoms with E-state index in [4.69, 9.17) is 0 Å². The number of hydrogen-bond donors (Lipinski definition) is 2. The van der Waals surface area contributed by atoms with E-state index in [0.717, 1.165) is 35.4 Å². The topological polar surface area (TPSA) is 58.9 Å². The fourth-order valence-corrected chi connectivity index (χ4v) is 2.40. The van der Waals surface area contributed by atoms with Crippen LogP contribution >= 0.6 is 28.3 Å². The van der Waals surface area contributed by atoms with E-state index in [9.17, 15) is 4.79 Å². The van der Waals surface area contributed by atoms with Crippen LogP contribution in [-0.2, 0) is 0 Å². The molecule has 0 aliphatic heterocycles. The van der Waals surface area contributed by atoms with Crippen LogP contribution in [-0.4, -0.2) is 35.3 Å². The lowest BCUT2D eigenvalue weighted by Gasteiger charge is -2.07. The van der Waals surface area contributed by atoms with Crippen molar-refractivity contribution in [3.63, 3.8) is 0 Å². The molecule has 0 saturated carbocycles. The van der Waals surface area contributed by atoms with Gasteiger partial charge in [0.25, 0.3) is 5.91 Å². The van der Waals surface area contributed by atoms with Gasteiger partial charge in [0.1, 0.15) is 0 Å². The molecule has 1 heterocycles. The average Bonchev–Trinajstić information content (AvgIpc) is 2.89. The van der Waals surface area contributed by atoms with Crippen molar-refractivity contribution in [1.29, 1.82) is 0 Å². The molecule has 126 valence electrons. The number of nitrogens with zero attached hydrogens (tertiary/aromatic N) is 2. The highest BCUT2D eigenvalue weighted by molar-refractivity contribution is 9.10. The molecule has 0 radical (unpaired) electrons. The van der Waals surface area contributed by atoms with Crippen molar-refractivity contribution in [2.75, 3.05) is 19.6 Å². The Morgan fingerprint density at radius 2 is 1.91 bits per heavy atom. The van der Waals surface area contributed by atoms with Gasteiger partial charge in [0.15, 0.2) is 0 Å². The third-order valence-electron chi connectivity index (χ3n) is 3.34. The van der Waals surface area contributed by atoms with Crippen LogP contribution in [0, 0.1) is 6.92 Å².